The second-order valence-corrected chi connectivity index (χ2v) is 3.48. The summed E-state index contributed by atoms with van der Waals surface area (Å²) >= 11 is 0. The monoisotopic (exact) mass is 274 g/mol. The molecular formula is C11H9F3N2O3. The smallest absolute Gasteiger partial charge is 0.317 e. The van der Waals surface area contributed by atoms with Gasteiger partial charge in [0.1, 0.15) is 5.69 Å². The van der Waals surface area contributed by atoms with Crippen molar-refractivity contribution in [2.75, 3.05) is 5.32 Å². The number of halogens is 3. The predicted molar refractivity (Wildman–Crippen MR) is 61.5 cm³/mol. The molecule has 1 aromatic carbocycles. The maximum Gasteiger partial charge on any atom is 0.416 e. The molecule has 1 rings (SSSR count). The van der Waals surface area contributed by atoms with Crippen LogP contribution in [0.2, 0.25) is 0 Å². The summed E-state index contributed by atoms with van der Waals surface area (Å²) in [6, 6.07) is 1.89. The van der Waals surface area contributed by atoms with Crippen molar-refractivity contribution in [1.29, 1.82) is 0 Å². The van der Waals surface area contributed by atoms with Crippen LogP contribution in [0.4, 0.5) is 24.5 Å². The van der Waals surface area contributed by atoms with E-state index in [1.165, 1.54) is 6.08 Å². The molecular weight excluding hydrogens is 265 g/mol. The van der Waals surface area contributed by atoms with E-state index in [0.29, 0.717) is 12.1 Å². The fraction of sp³-hybridized carbons (Fsp3) is 0.182. The van der Waals surface area contributed by atoms with Crippen LogP contribution in [0.1, 0.15) is 12.5 Å². The van der Waals surface area contributed by atoms with Crippen LogP contribution in [0.15, 0.2) is 30.4 Å². The second kappa shape index (κ2) is 5.51. The molecule has 0 fully saturated rings. The van der Waals surface area contributed by atoms with E-state index in [4.69, 9.17) is 0 Å². The van der Waals surface area contributed by atoms with Gasteiger partial charge in [0.2, 0.25) is 5.91 Å². The zero-order valence-electron chi connectivity index (χ0n) is 9.69. The van der Waals surface area contributed by atoms with Crippen LogP contribution in [-0.2, 0) is 11.0 Å². The Kier molecular flexibility index (Phi) is 4.26. The second-order valence-electron chi connectivity index (χ2n) is 3.48. The Morgan fingerprint density at radius 3 is 2.53 bits per heavy atom. The molecule has 0 saturated heterocycles. The third-order valence-corrected chi connectivity index (χ3v) is 2.10. The third-order valence-electron chi connectivity index (χ3n) is 2.10. The van der Waals surface area contributed by atoms with Gasteiger partial charge in [-0.05, 0) is 25.1 Å². The Labute approximate surface area is 105 Å². The summed E-state index contributed by atoms with van der Waals surface area (Å²) in [5, 5.41) is 12.8. The first-order valence-corrected chi connectivity index (χ1v) is 5.05. The molecule has 0 atom stereocenters. The number of hydrogen-bond donors (Lipinski definition) is 1. The zero-order chi connectivity index (χ0) is 14.6. The van der Waals surface area contributed by atoms with Crippen LogP contribution in [0, 0.1) is 10.1 Å². The highest BCUT2D eigenvalue weighted by atomic mass is 19.4. The molecule has 1 N–H and O–H groups in total. The quantitative estimate of drug-likeness (QED) is 0.523. The molecule has 0 aromatic heterocycles. The minimum atomic E-state index is -4.68. The fourth-order valence-electron chi connectivity index (χ4n) is 1.29. The molecule has 0 unspecified atom stereocenters. The van der Waals surface area contributed by atoms with Crippen LogP contribution in [0.25, 0.3) is 0 Å². The summed E-state index contributed by atoms with van der Waals surface area (Å²) in [6.45, 7) is 1.56. The van der Waals surface area contributed by atoms with Crippen molar-refractivity contribution < 1.29 is 22.9 Å². The zero-order valence-corrected chi connectivity index (χ0v) is 9.69. The molecule has 19 heavy (non-hydrogen) atoms. The van der Waals surface area contributed by atoms with E-state index in [0.717, 1.165) is 12.1 Å². The van der Waals surface area contributed by atoms with Gasteiger partial charge in [-0.15, -0.1) is 0 Å². The van der Waals surface area contributed by atoms with Gasteiger partial charge < -0.3 is 5.32 Å². The van der Waals surface area contributed by atoms with Gasteiger partial charge in [-0.1, -0.05) is 6.08 Å². The highest BCUT2D eigenvalue weighted by Crippen LogP contribution is 2.34. The van der Waals surface area contributed by atoms with Crippen molar-refractivity contribution in [3.8, 4) is 0 Å². The Bertz CT molecular complexity index is 538. The third kappa shape index (κ3) is 3.80. The Hall–Kier alpha value is -2.38. The van der Waals surface area contributed by atoms with Crippen LogP contribution in [0.3, 0.4) is 0 Å². The number of alkyl halides is 3. The molecule has 1 aromatic rings. The van der Waals surface area contributed by atoms with E-state index in [2.05, 4.69) is 5.32 Å². The lowest BCUT2D eigenvalue weighted by atomic mass is 10.1. The van der Waals surface area contributed by atoms with Gasteiger partial charge in [0.25, 0.3) is 5.69 Å². The molecule has 1 amide bonds. The SMILES string of the molecule is CC=CC(=O)Nc1ccc(C(F)(F)F)cc1[N+](=O)[O-]. The molecule has 0 aliphatic heterocycles. The summed E-state index contributed by atoms with van der Waals surface area (Å²) in [7, 11) is 0. The van der Waals surface area contributed by atoms with Crippen molar-refractivity contribution >= 4 is 17.3 Å². The minimum absolute atomic E-state index is 0.291. The number of anilines is 1. The number of nitrogens with one attached hydrogen (secondary N) is 1. The summed E-state index contributed by atoms with van der Waals surface area (Å²) in [4.78, 5) is 20.9. The Morgan fingerprint density at radius 2 is 2.05 bits per heavy atom. The van der Waals surface area contributed by atoms with Crippen molar-refractivity contribution in [2.45, 2.75) is 13.1 Å². The summed E-state index contributed by atoms with van der Waals surface area (Å²) in [6.07, 6.45) is -2.19. The number of amides is 1. The maximum atomic E-state index is 12.4. The van der Waals surface area contributed by atoms with E-state index in [1.54, 1.807) is 6.92 Å². The van der Waals surface area contributed by atoms with E-state index >= 15 is 0 Å². The predicted octanol–water partition coefficient (Wildman–Crippen LogP) is 3.13. The van der Waals surface area contributed by atoms with Crippen LogP contribution in [0.5, 0.6) is 0 Å². The van der Waals surface area contributed by atoms with Crippen molar-refractivity contribution in [1.82, 2.24) is 0 Å². The lowest BCUT2D eigenvalue weighted by molar-refractivity contribution is -0.384. The maximum absolute atomic E-state index is 12.4. The summed E-state index contributed by atoms with van der Waals surface area (Å²) in [5.74, 6) is -0.662. The summed E-state index contributed by atoms with van der Waals surface area (Å²) < 4.78 is 37.3. The molecule has 8 heteroatoms. The lowest BCUT2D eigenvalue weighted by Crippen LogP contribution is -2.11. The largest absolute Gasteiger partial charge is 0.416 e. The number of nitrogens with zero attached hydrogens (tertiary/aromatic N) is 1. The number of nitro groups is 1. The average molecular weight is 274 g/mol. The molecule has 0 spiro atoms. The molecule has 5 nitrogen and oxygen atoms in total. The highest BCUT2D eigenvalue weighted by Gasteiger charge is 2.33. The number of nitro benzene ring substituents is 1. The van der Waals surface area contributed by atoms with E-state index < -0.39 is 28.3 Å². The van der Waals surface area contributed by atoms with Gasteiger partial charge in [-0.3, -0.25) is 14.9 Å². The van der Waals surface area contributed by atoms with E-state index in [-0.39, 0.29) is 5.69 Å². The number of hydrogen-bond acceptors (Lipinski definition) is 3. The normalized spacial score (nSPS) is 11.6. The fourth-order valence-corrected chi connectivity index (χ4v) is 1.29. The molecule has 0 aliphatic carbocycles. The first-order chi connectivity index (χ1) is 8.75. The van der Waals surface area contributed by atoms with E-state index in [9.17, 15) is 28.1 Å². The molecule has 0 heterocycles. The first kappa shape index (κ1) is 14.7. The van der Waals surface area contributed by atoms with Gasteiger partial charge in [-0.2, -0.15) is 13.2 Å². The van der Waals surface area contributed by atoms with Crippen LogP contribution < -0.4 is 5.32 Å². The van der Waals surface area contributed by atoms with Crippen molar-refractivity contribution in [2.24, 2.45) is 0 Å². The number of allylic oxidation sites excluding steroid dienone is 1. The average Bonchev–Trinajstić information content (AvgIpc) is 2.27. The molecule has 0 radical (unpaired) electrons. The molecule has 0 saturated carbocycles. The van der Waals surface area contributed by atoms with Gasteiger partial charge in [-0.25, -0.2) is 0 Å². The molecule has 0 bridgehead atoms. The van der Waals surface area contributed by atoms with Crippen molar-refractivity contribution in [3.63, 3.8) is 0 Å². The number of carbonyl (C=O) groups excluding carboxylic acids is 1. The van der Waals surface area contributed by atoms with Crippen LogP contribution >= 0.6 is 0 Å². The van der Waals surface area contributed by atoms with Gasteiger partial charge >= 0.3 is 6.18 Å². The summed E-state index contributed by atoms with van der Waals surface area (Å²) in [5.41, 5.74) is -2.25. The highest BCUT2D eigenvalue weighted by molar-refractivity contribution is 6.00. The van der Waals surface area contributed by atoms with Crippen molar-refractivity contribution in [3.05, 3.63) is 46.0 Å². The Morgan fingerprint density at radius 1 is 1.42 bits per heavy atom. The molecule has 102 valence electrons. The first-order valence-electron chi connectivity index (χ1n) is 5.05. The standard InChI is InChI=1S/C11H9F3N2O3/c1-2-3-10(17)15-8-5-4-7(11(12,13)14)6-9(8)16(18)19/h2-6H,1H3,(H,15,17). The van der Waals surface area contributed by atoms with Gasteiger partial charge in [0, 0.05) is 6.07 Å². The number of rotatable bonds is 3. The number of carbonyl (C=O) groups is 1. The molecule has 0 aliphatic rings. The van der Waals surface area contributed by atoms with Crippen LogP contribution in [-0.4, -0.2) is 10.8 Å². The van der Waals surface area contributed by atoms with Gasteiger partial charge in [0.15, 0.2) is 0 Å². The topological polar surface area (TPSA) is 72.2 Å². The number of benzene rings is 1. The lowest BCUT2D eigenvalue weighted by Gasteiger charge is -2.08. The van der Waals surface area contributed by atoms with E-state index in [1.807, 2.05) is 0 Å². The van der Waals surface area contributed by atoms with Gasteiger partial charge in [0.05, 0.1) is 10.5 Å². The Balaban J connectivity index is 3.19. The minimum Gasteiger partial charge on any atom is -0.317 e.